The maximum atomic E-state index is 12.5. The van der Waals surface area contributed by atoms with Crippen molar-refractivity contribution in [1.29, 1.82) is 0 Å². The van der Waals surface area contributed by atoms with Gasteiger partial charge in [-0.25, -0.2) is 0 Å². The quantitative estimate of drug-likeness (QED) is 0.917. The fourth-order valence-electron chi connectivity index (χ4n) is 2.28. The smallest absolute Gasteiger partial charge is 0.319 e. The van der Waals surface area contributed by atoms with Crippen LogP contribution in [0.5, 0.6) is 11.5 Å². The topological polar surface area (TPSA) is 72.8 Å². The summed E-state index contributed by atoms with van der Waals surface area (Å²) in [6.45, 7) is 1.14. The zero-order valence-corrected chi connectivity index (χ0v) is 11.7. The third-order valence-corrected chi connectivity index (χ3v) is 5.24. The molecule has 2 unspecified atom stereocenters. The number of benzene rings is 1. The third kappa shape index (κ3) is 2.65. The fourth-order valence-corrected chi connectivity index (χ4v) is 3.81. The molecule has 2 atom stereocenters. The highest BCUT2D eigenvalue weighted by molar-refractivity contribution is 7.86. The molecule has 20 heavy (non-hydrogen) atoms. The summed E-state index contributed by atoms with van der Waals surface area (Å²) >= 11 is 0. The Hall–Kier alpha value is -1.56. The minimum atomic E-state index is -1.56. The molecule has 0 spiro atoms. The number of rotatable bonds is 4. The SMILES string of the molecule is O=C(O)C(C1CC1)S(=O)c1ccc2c(c1)OCCCO2. The molecule has 1 N–H and O–H groups in total. The second-order valence-electron chi connectivity index (χ2n) is 5.05. The predicted molar refractivity (Wildman–Crippen MR) is 72.6 cm³/mol. The summed E-state index contributed by atoms with van der Waals surface area (Å²) in [6.07, 6.45) is 2.48. The van der Waals surface area contributed by atoms with Gasteiger partial charge < -0.3 is 14.6 Å². The van der Waals surface area contributed by atoms with Gasteiger partial charge in [0.25, 0.3) is 0 Å². The predicted octanol–water partition coefficient (Wildman–Crippen LogP) is 1.82. The molecule has 1 saturated carbocycles. The zero-order valence-electron chi connectivity index (χ0n) is 10.9. The summed E-state index contributed by atoms with van der Waals surface area (Å²) < 4.78 is 23.5. The van der Waals surface area contributed by atoms with Crippen LogP contribution in [0.25, 0.3) is 0 Å². The lowest BCUT2D eigenvalue weighted by molar-refractivity contribution is -0.136. The van der Waals surface area contributed by atoms with E-state index >= 15 is 0 Å². The van der Waals surface area contributed by atoms with Crippen LogP contribution >= 0.6 is 0 Å². The molecule has 1 heterocycles. The van der Waals surface area contributed by atoms with Gasteiger partial charge in [0.2, 0.25) is 0 Å². The number of carbonyl (C=O) groups is 1. The van der Waals surface area contributed by atoms with Crippen LogP contribution in [0.2, 0.25) is 0 Å². The van der Waals surface area contributed by atoms with Gasteiger partial charge in [-0.15, -0.1) is 0 Å². The van der Waals surface area contributed by atoms with Gasteiger partial charge >= 0.3 is 5.97 Å². The molecule has 5 nitrogen and oxygen atoms in total. The van der Waals surface area contributed by atoms with Crippen molar-refractivity contribution in [3.63, 3.8) is 0 Å². The van der Waals surface area contributed by atoms with Crippen molar-refractivity contribution < 1.29 is 23.6 Å². The highest BCUT2D eigenvalue weighted by atomic mass is 32.2. The maximum absolute atomic E-state index is 12.5. The first-order valence-corrected chi connectivity index (χ1v) is 7.91. The minimum Gasteiger partial charge on any atom is -0.490 e. The second kappa shape index (κ2) is 5.44. The summed E-state index contributed by atoms with van der Waals surface area (Å²) in [5.74, 6) is 0.220. The molecule has 3 rings (SSSR count). The highest BCUT2D eigenvalue weighted by Crippen LogP contribution is 2.38. The van der Waals surface area contributed by atoms with Crippen LogP contribution in [0.15, 0.2) is 23.1 Å². The van der Waals surface area contributed by atoms with Crippen molar-refractivity contribution in [2.24, 2.45) is 5.92 Å². The number of hydrogen-bond acceptors (Lipinski definition) is 4. The second-order valence-corrected chi connectivity index (χ2v) is 6.63. The molecule has 1 fully saturated rings. The van der Waals surface area contributed by atoms with E-state index in [9.17, 15) is 14.1 Å². The molecule has 0 bridgehead atoms. The Balaban J connectivity index is 1.87. The molecule has 1 aromatic carbocycles. The molecule has 6 heteroatoms. The van der Waals surface area contributed by atoms with Gasteiger partial charge in [0.05, 0.1) is 24.0 Å². The normalized spacial score (nSPS) is 20.8. The van der Waals surface area contributed by atoms with Crippen LogP contribution < -0.4 is 9.47 Å². The van der Waals surface area contributed by atoms with Crippen molar-refractivity contribution in [3.8, 4) is 11.5 Å². The molecule has 0 amide bonds. The van der Waals surface area contributed by atoms with E-state index in [0.717, 1.165) is 19.3 Å². The monoisotopic (exact) mass is 296 g/mol. The molecule has 0 saturated heterocycles. The Bertz CT molecular complexity index is 552. The molecular formula is C14H16O5S. The first kappa shape index (κ1) is 13.4. The van der Waals surface area contributed by atoms with Gasteiger partial charge in [-0.2, -0.15) is 0 Å². The standard InChI is InChI=1S/C14H16O5S/c15-14(16)13(9-2-3-9)20(17)10-4-5-11-12(8-10)19-7-1-6-18-11/h4-5,8-9,13H,1-3,6-7H2,(H,15,16). The van der Waals surface area contributed by atoms with E-state index in [-0.39, 0.29) is 5.92 Å². The van der Waals surface area contributed by atoms with Crippen molar-refractivity contribution in [2.45, 2.75) is 29.4 Å². The number of carboxylic acids is 1. The summed E-state index contributed by atoms with van der Waals surface area (Å²) in [4.78, 5) is 11.8. The van der Waals surface area contributed by atoms with Crippen LogP contribution in [0.1, 0.15) is 19.3 Å². The summed E-state index contributed by atoms with van der Waals surface area (Å²) in [6, 6.07) is 5.02. The van der Waals surface area contributed by atoms with Gasteiger partial charge in [-0.3, -0.25) is 9.00 Å². The van der Waals surface area contributed by atoms with Crippen LogP contribution in [0.3, 0.4) is 0 Å². The van der Waals surface area contributed by atoms with Crippen LogP contribution in [-0.4, -0.2) is 33.7 Å². The summed E-state index contributed by atoms with van der Waals surface area (Å²) in [5.41, 5.74) is 0. The van der Waals surface area contributed by atoms with E-state index in [0.29, 0.717) is 29.6 Å². The van der Waals surface area contributed by atoms with Crippen molar-refractivity contribution >= 4 is 16.8 Å². The molecular weight excluding hydrogens is 280 g/mol. The molecule has 1 aliphatic heterocycles. The molecule has 1 aromatic rings. The molecule has 1 aliphatic carbocycles. The van der Waals surface area contributed by atoms with E-state index in [2.05, 4.69) is 0 Å². The van der Waals surface area contributed by atoms with E-state index in [1.807, 2.05) is 0 Å². The number of ether oxygens (including phenoxy) is 2. The molecule has 2 aliphatic rings. The summed E-state index contributed by atoms with van der Waals surface area (Å²) in [5, 5.41) is 8.43. The number of carboxylic acid groups (broad SMARTS) is 1. The van der Waals surface area contributed by atoms with Gasteiger partial charge in [0.1, 0.15) is 5.25 Å². The number of fused-ring (bicyclic) bond motifs is 1. The zero-order chi connectivity index (χ0) is 14.1. The summed E-state index contributed by atoms with van der Waals surface area (Å²) in [7, 11) is -1.56. The fraction of sp³-hybridized carbons (Fsp3) is 0.500. The highest BCUT2D eigenvalue weighted by Gasteiger charge is 2.41. The maximum Gasteiger partial charge on any atom is 0.319 e. The molecule has 108 valence electrons. The van der Waals surface area contributed by atoms with E-state index < -0.39 is 22.0 Å². The van der Waals surface area contributed by atoms with Crippen molar-refractivity contribution in [3.05, 3.63) is 18.2 Å². The largest absolute Gasteiger partial charge is 0.490 e. The van der Waals surface area contributed by atoms with Crippen molar-refractivity contribution in [1.82, 2.24) is 0 Å². The van der Waals surface area contributed by atoms with Gasteiger partial charge in [0, 0.05) is 17.4 Å². The van der Waals surface area contributed by atoms with Gasteiger partial charge in [-0.1, -0.05) is 0 Å². The van der Waals surface area contributed by atoms with Crippen LogP contribution in [0, 0.1) is 5.92 Å². The van der Waals surface area contributed by atoms with Crippen molar-refractivity contribution in [2.75, 3.05) is 13.2 Å². The molecule has 0 radical (unpaired) electrons. The Morgan fingerprint density at radius 2 is 1.95 bits per heavy atom. The van der Waals surface area contributed by atoms with E-state index in [4.69, 9.17) is 9.47 Å². The van der Waals surface area contributed by atoms with E-state index in [1.54, 1.807) is 18.2 Å². The average Bonchev–Trinajstić information content (AvgIpc) is 3.23. The molecule has 0 aromatic heterocycles. The number of aliphatic carboxylic acids is 1. The Labute approximate surface area is 119 Å². The first-order chi connectivity index (χ1) is 9.66. The van der Waals surface area contributed by atoms with E-state index in [1.165, 1.54) is 0 Å². The Morgan fingerprint density at radius 1 is 1.25 bits per heavy atom. The Morgan fingerprint density at radius 3 is 2.60 bits per heavy atom. The minimum absolute atomic E-state index is 0.0318. The average molecular weight is 296 g/mol. The first-order valence-electron chi connectivity index (χ1n) is 6.70. The van der Waals surface area contributed by atoms with Gasteiger partial charge in [-0.05, 0) is 30.9 Å². The van der Waals surface area contributed by atoms with Crippen LogP contribution in [0.4, 0.5) is 0 Å². The third-order valence-electron chi connectivity index (χ3n) is 3.48. The van der Waals surface area contributed by atoms with Gasteiger partial charge in [0.15, 0.2) is 11.5 Å². The van der Waals surface area contributed by atoms with Crippen LogP contribution in [-0.2, 0) is 15.6 Å². The number of hydrogen-bond donors (Lipinski definition) is 1. The lowest BCUT2D eigenvalue weighted by atomic mass is 10.3. The Kier molecular flexibility index (Phi) is 3.65. The lowest BCUT2D eigenvalue weighted by Gasteiger charge is -2.13. The lowest BCUT2D eigenvalue weighted by Crippen LogP contribution is -2.27.